The van der Waals surface area contributed by atoms with E-state index in [1.807, 2.05) is 13.8 Å². The fourth-order valence-electron chi connectivity index (χ4n) is 2.10. The van der Waals surface area contributed by atoms with Crippen LogP contribution in [0.15, 0.2) is 24.3 Å². The van der Waals surface area contributed by atoms with Crippen LogP contribution in [0.3, 0.4) is 0 Å². The van der Waals surface area contributed by atoms with Crippen LogP contribution >= 0.6 is 0 Å². The second-order valence-corrected chi connectivity index (χ2v) is 6.60. The first-order chi connectivity index (χ1) is 9.00. The van der Waals surface area contributed by atoms with Crippen LogP contribution in [-0.4, -0.2) is 12.1 Å². The quantitative estimate of drug-likeness (QED) is 0.836. The van der Waals surface area contributed by atoms with Crippen molar-refractivity contribution in [2.24, 2.45) is 5.92 Å². The minimum atomic E-state index is -4.28. The van der Waals surface area contributed by atoms with Crippen molar-refractivity contribution in [3.63, 3.8) is 0 Å². The summed E-state index contributed by atoms with van der Waals surface area (Å²) in [5, 5.41) is 3.38. The molecule has 0 aliphatic rings. The lowest BCUT2D eigenvalue weighted by Crippen LogP contribution is -2.39. The van der Waals surface area contributed by atoms with Crippen LogP contribution in [0.4, 0.5) is 13.2 Å². The smallest absolute Gasteiger partial charge is 0.311 e. The Morgan fingerprint density at radius 2 is 1.70 bits per heavy atom. The molecule has 1 rings (SSSR count). The number of alkyl halides is 3. The average molecular weight is 287 g/mol. The Morgan fingerprint density at radius 1 is 1.10 bits per heavy atom. The van der Waals surface area contributed by atoms with Crippen molar-refractivity contribution >= 4 is 0 Å². The van der Waals surface area contributed by atoms with Crippen molar-refractivity contribution in [3.05, 3.63) is 35.4 Å². The standard InChI is InChI=1S/C16H24F3N/c1-11(2)14(10-20-15(3,4)5)12-7-6-8-13(9-12)16(17,18)19/h6-9,11,14,20H,10H2,1-5H3. The van der Waals surface area contributed by atoms with Crippen LogP contribution in [0.2, 0.25) is 0 Å². The molecule has 0 aliphatic carbocycles. The predicted molar refractivity (Wildman–Crippen MR) is 76.8 cm³/mol. The molecule has 114 valence electrons. The second kappa shape index (κ2) is 6.17. The van der Waals surface area contributed by atoms with Gasteiger partial charge in [0.25, 0.3) is 0 Å². The zero-order chi connectivity index (χ0) is 15.6. The Bertz CT molecular complexity index is 430. The Morgan fingerprint density at radius 3 is 2.15 bits per heavy atom. The molecule has 1 atom stereocenters. The van der Waals surface area contributed by atoms with Crippen LogP contribution < -0.4 is 5.32 Å². The molecule has 20 heavy (non-hydrogen) atoms. The maximum Gasteiger partial charge on any atom is 0.416 e. The molecule has 0 heterocycles. The van der Waals surface area contributed by atoms with Crippen molar-refractivity contribution in [2.45, 2.75) is 52.3 Å². The van der Waals surface area contributed by atoms with Gasteiger partial charge < -0.3 is 5.32 Å². The van der Waals surface area contributed by atoms with Gasteiger partial charge in [-0.2, -0.15) is 13.2 Å². The first-order valence-electron chi connectivity index (χ1n) is 6.93. The van der Waals surface area contributed by atoms with E-state index in [0.717, 1.165) is 11.6 Å². The Balaban J connectivity index is 2.98. The Labute approximate surface area is 119 Å². The van der Waals surface area contributed by atoms with Gasteiger partial charge in [0.2, 0.25) is 0 Å². The van der Waals surface area contributed by atoms with Gasteiger partial charge in [-0.05, 0) is 44.2 Å². The van der Waals surface area contributed by atoms with E-state index in [2.05, 4.69) is 26.1 Å². The SMILES string of the molecule is CC(C)C(CNC(C)(C)C)c1cccc(C(F)(F)F)c1. The average Bonchev–Trinajstić information content (AvgIpc) is 2.26. The van der Waals surface area contributed by atoms with Crippen molar-refractivity contribution < 1.29 is 13.2 Å². The highest BCUT2D eigenvalue weighted by molar-refractivity contribution is 5.29. The molecule has 1 N–H and O–H groups in total. The van der Waals surface area contributed by atoms with Crippen LogP contribution in [0.5, 0.6) is 0 Å². The van der Waals surface area contributed by atoms with E-state index < -0.39 is 11.7 Å². The Hall–Kier alpha value is -1.03. The van der Waals surface area contributed by atoms with E-state index in [1.54, 1.807) is 6.07 Å². The number of hydrogen-bond donors (Lipinski definition) is 1. The number of halogens is 3. The summed E-state index contributed by atoms with van der Waals surface area (Å²) in [4.78, 5) is 0. The summed E-state index contributed by atoms with van der Waals surface area (Å²) < 4.78 is 38.4. The zero-order valence-corrected chi connectivity index (χ0v) is 12.8. The molecule has 0 bridgehead atoms. The summed E-state index contributed by atoms with van der Waals surface area (Å²) in [6.07, 6.45) is -4.28. The summed E-state index contributed by atoms with van der Waals surface area (Å²) in [6, 6.07) is 5.67. The maximum atomic E-state index is 12.8. The monoisotopic (exact) mass is 287 g/mol. The summed E-state index contributed by atoms with van der Waals surface area (Å²) in [6.45, 7) is 10.9. The predicted octanol–water partition coefficient (Wildman–Crippen LogP) is 4.83. The van der Waals surface area contributed by atoms with Crippen molar-refractivity contribution in [3.8, 4) is 0 Å². The molecule has 0 amide bonds. The van der Waals surface area contributed by atoms with Crippen molar-refractivity contribution in [2.75, 3.05) is 6.54 Å². The first-order valence-corrected chi connectivity index (χ1v) is 6.93. The molecular weight excluding hydrogens is 263 g/mol. The first kappa shape index (κ1) is 17.0. The molecule has 1 nitrogen and oxygen atoms in total. The van der Waals surface area contributed by atoms with Crippen LogP contribution in [0.1, 0.15) is 51.7 Å². The normalized spacial score (nSPS) is 14.7. The van der Waals surface area contributed by atoms with Gasteiger partial charge >= 0.3 is 6.18 Å². The number of benzene rings is 1. The lowest BCUT2D eigenvalue weighted by atomic mass is 9.87. The van der Waals surface area contributed by atoms with Gasteiger partial charge in [-0.25, -0.2) is 0 Å². The lowest BCUT2D eigenvalue weighted by Gasteiger charge is -2.28. The molecule has 0 aromatic heterocycles. The van der Waals surface area contributed by atoms with E-state index in [1.165, 1.54) is 12.1 Å². The summed E-state index contributed by atoms with van der Waals surface area (Å²) in [5.41, 5.74) is 0.123. The highest BCUT2D eigenvalue weighted by Crippen LogP contribution is 2.32. The van der Waals surface area contributed by atoms with Crippen LogP contribution in [0, 0.1) is 5.92 Å². The third-order valence-electron chi connectivity index (χ3n) is 3.30. The molecule has 0 spiro atoms. The Kier molecular flexibility index (Phi) is 5.25. The third kappa shape index (κ3) is 5.16. The van der Waals surface area contributed by atoms with Crippen LogP contribution in [-0.2, 0) is 6.18 Å². The topological polar surface area (TPSA) is 12.0 Å². The molecule has 0 saturated heterocycles. The third-order valence-corrected chi connectivity index (χ3v) is 3.30. The molecule has 0 radical (unpaired) electrons. The molecule has 0 fully saturated rings. The van der Waals surface area contributed by atoms with E-state index in [0.29, 0.717) is 6.54 Å². The zero-order valence-electron chi connectivity index (χ0n) is 12.8. The molecule has 4 heteroatoms. The molecule has 1 aromatic rings. The molecule has 1 aromatic carbocycles. The lowest BCUT2D eigenvalue weighted by molar-refractivity contribution is -0.137. The van der Waals surface area contributed by atoms with E-state index in [4.69, 9.17) is 0 Å². The summed E-state index contributed by atoms with van der Waals surface area (Å²) >= 11 is 0. The minimum Gasteiger partial charge on any atom is -0.311 e. The molecular formula is C16H24F3N. The highest BCUT2D eigenvalue weighted by Gasteiger charge is 2.31. The summed E-state index contributed by atoms with van der Waals surface area (Å²) in [5.74, 6) is 0.338. The van der Waals surface area contributed by atoms with Gasteiger partial charge in [-0.1, -0.05) is 32.0 Å². The number of nitrogens with one attached hydrogen (secondary N) is 1. The van der Waals surface area contributed by atoms with Crippen molar-refractivity contribution in [1.82, 2.24) is 5.32 Å². The van der Waals surface area contributed by atoms with Gasteiger partial charge in [0.1, 0.15) is 0 Å². The maximum absolute atomic E-state index is 12.8. The van der Waals surface area contributed by atoms with Crippen LogP contribution in [0.25, 0.3) is 0 Å². The van der Waals surface area contributed by atoms with E-state index in [9.17, 15) is 13.2 Å². The highest BCUT2D eigenvalue weighted by atomic mass is 19.4. The van der Waals surface area contributed by atoms with E-state index >= 15 is 0 Å². The van der Waals surface area contributed by atoms with Gasteiger partial charge in [-0.15, -0.1) is 0 Å². The fraction of sp³-hybridized carbons (Fsp3) is 0.625. The fourth-order valence-corrected chi connectivity index (χ4v) is 2.10. The number of hydrogen-bond acceptors (Lipinski definition) is 1. The van der Waals surface area contributed by atoms with Gasteiger partial charge in [0, 0.05) is 12.1 Å². The van der Waals surface area contributed by atoms with Gasteiger partial charge in [-0.3, -0.25) is 0 Å². The molecule has 1 unspecified atom stereocenters. The number of rotatable bonds is 4. The summed E-state index contributed by atoms with van der Waals surface area (Å²) in [7, 11) is 0. The largest absolute Gasteiger partial charge is 0.416 e. The molecule has 0 aliphatic heterocycles. The van der Waals surface area contributed by atoms with Crippen molar-refractivity contribution in [1.29, 1.82) is 0 Å². The van der Waals surface area contributed by atoms with Gasteiger partial charge in [0.15, 0.2) is 0 Å². The van der Waals surface area contributed by atoms with E-state index in [-0.39, 0.29) is 17.4 Å². The minimum absolute atomic E-state index is 0.0468. The molecule has 0 saturated carbocycles. The van der Waals surface area contributed by atoms with Gasteiger partial charge in [0.05, 0.1) is 5.56 Å². The second-order valence-electron chi connectivity index (χ2n) is 6.60.